The molecule has 0 bridgehead atoms. The number of hydrogen-bond acceptors (Lipinski definition) is 5. The minimum atomic E-state index is -0.584. The maximum Gasteiger partial charge on any atom is 0.289 e. The monoisotopic (exact) mass is 276 g/mol. The van der Waals surface area contributed by atoms with Crippen molar-refractivity contribution in [1.82, 2.24) is 0 Å². The number of aromatic amines is 1. The molecule has 6 nitrogen and oxygen atoms in total. The molecule has 0 fully saturated rings. The van der Waals surface area contributed by atoms with Gasteiger partial charge in [-0.15, -0.1) is 0 Å². The van der Waals surface area contributed by atoms with Crippen molar-refractivity contribution in [1.29, 1.82) is 5.26 Å². The first kappa shape index (κ1) is 13.1. The summed E-state index contributed by atoms with van der Waals surface area (Å²) in [6.07, 6.45) is 0. The standard InChI is InChI=1S/C12H13N5OS/c1-4(2)6-5(3-13)10(15)17-12-7(6)8(14)9(19-12)11(16)18/h4H,14H2,1-2H3,(H2,15,17)(H2,16,18)/p+1. The van der Waals surface area contributed by atoms with Gasteiger partial charge < -0.3 is 11.5 Å². The Hall–Kier alpha value is -2.33. The molecule has 0 aliphatic heterocycles. The summed E-state index contributed by atoms with van der Waals surface area (Å²) in [5, 5.41) is 9.90. The molecular weight excluding hydrogens is 262 g/mol. The molecule has 0 saturated carbocycles. The number of nitrogens with two attached hydrogens (primary N) is 3. The lowest BCUT2D eigenvalue weighted by Gasteiger charge is -2.09. The summed E-state index contributed by atoms with van der Waals surface area (Å²) in [5.41, 5.74) is 18.5. The average molecular weight is 276 g/mol. The summed E-state index contributed by atoms with van der Waals surface area (Å²) < 4.78 is 0. The third-order valence-corrected chi connectivity index (χ3v) is 4.05. The minimum absolute atomic E-state index is 0.0478. The molecule has 0 spiro atoms. The first-order valence-electron chi connectivity index (χ1n) is 5.65. The number of rotatable bonds is 2. The van der Waals surface area contributed by atoms with Crippen LogP contribution in [0.3, 0.4) is 0 Å². The number of nitrogens with zero attached hydrogens (tertiary/aromatic N) is 1. The number of nitrogens with one attached hydrogen (secondary N) is 1. The van der Waals surface area contributed by atoms with E-state index in [0.717, 1.165) is 16.9 Å². The number of primary amides is 1. The Kier molecular flexibility index (Phi) is 3.04. The lowest BCUT2D eigenvalue weighted by Crippen LogP contribution is -2.15. The summed E-state index contributed by atoms with van der Waals surface area (Å²) in [5.74, 6) is -0.262. The number of H-pyrrole nitrogens is 1. The fourth-order valence-electron chi connectivity index (χ4n) is 2.14. The Balaban J connectivity index is 3.00. The van der Waals surface area contributed by atoms with Crippen molar-refractivity contribution in [2.24, 2.45) is 5.73 Å². The van der Waals surface area contributed by atoms with Gasteiger partial charge in [0, 0.05) is 0 Å². The summed E-state index contributed by atoms with van der Waals surface area (Å²) in [6, 6.07) is 2.08. The van der Waals surface area contributed by atoms with E-state index < -0.39 is 5.91 Å². The van der Waals surface area contributed by atoms with E-state index in [4.69, 9.17) is 17.2 Å². The molecule has 0 unspecified atom stereocenters. The lowest BCUT2D eigenvalue weighted by atomic mass is 9.95. The number of thiophene rings is 1. The van der Waals surface area contributed by atoms with E-state index in [-0.39, 0.29) is 16.6 Å². The van der Waals surface area contributed by atoms with E-state index in [1.807, 2.05) is 13.8 Å². The molecule has 0 aromatic carbocycles. The van der Waals surface area contributed by atoms with Gasteiger partial charge in [-0.2, -0.15) is 5.26 Å². The van der Waals surface area contributed by atoms with Crippen LogP contribution in [0.25, 0.3) is 10.2 Å². The summed E-state index contributed by atoms with van der Waals surface area (Å²) >= 11 is 1.15. The molecule has 19 heavy (non-hydrogen) atoms. The van der Waals surface area contributed by atoms with E-state index in [0.29, 0.717) is 21.5 Å². The van der Waals surface area contributed by atoms with Crippen molar-refractivity contribution in [3.8, 4) is 6.07 Å². The van der Waals surface area contributed by atoms with Crippen molar-refractivity contribution >= 4 is 39.0 Å². The summed E-state index contributed by atoms with van der Waals surface area (Å²) in [7, 11) is 0. The molecule has 1 amide bonds. The molecule has 0 saturated heterocycles. The molecule has 98 valence electrons. The number of amides is 1. The second kappa shape index (κ2) is 4.40. The van der Waals surface area contributed by atoms with Gasteiger partial charge in [-0.25, -0.2) is 4.98 Å². The molecule has 0 radical (unpaired) electrons. The zero-order chi connectivity index (χ0) is 14.3. The highest BCUT2D eigenvalue weighted by molar-refractivity contribution is 7.20. The second-order valence-corrected chi connectivity index (χ2v) is 5.53. The number of hydrogen-bond donors (Lipinski definition) is 3. The SMILES string of the molecule is CC(C)c1c(C#N)c(N)[nH+]c2sc(C(N)=O)c(N)c12. The zero-order valence-electron chi connectivity index (χ0n) is 10.6. The van der Waals surface area contributed by atoms with Crippen molar-refractivity contribution in [2.75, 3.05) is 11.5 Å². The minimum Gasteiger partial charge on any atom is -0.397 e. The van der Waals surface area contributed by atoms with Crippen LogP contribution in [0.2, 0.25) is 0 Å². The molecule has 2 aromatic rings. The molecule has 2 heterocycles. The van der Waals surface area contributed by atoms with Crippen LogP contribution in [0.1, 0.15) is 40.6 Å². The van der Waals surface area contributed by atoms with Crippen LogP contribution in [0.15, 0.2) is 0 Å². The van der Waals surface area contributed by atoms with Crippen molar-refractivity contribution in [2.45, 2.75) is 19.8 Å². The molecule has 0 aliphatic rings. The number of fused-ring (bicyclic) bond motifs is 1. The van der Waals surface area contributed by atoms with Crippen LogP contribution in [0, 0.1) is 11.3 Å². The van der Waals surface area contributed by atoms with Gasteiger partial charge in [0.25, 0.3) is 11.7 Å². The Labute approximate surface area is 113 Å². The predicted molar refractivity (Wildman–Crippen MR) is 74.5 cm³/mol. The van der Waals surface area contributed by atoms with E-state index in [1.165, 1.54) is 0 Å². The smallest absolute Gasteiger partial charge is 0.289 e. The molecule has 2 rings (SSSR count). The van der Waals surface area contributed by atoms with Crippen LogP contribution in [-0.2, 0) is 0 Å². The van der Waals surface area contributed by atoms with Gasteiger partial charge in [-0.1, -0.05) is 25.2 Å². The highest BCUT2D eigenvalue weighted by atomic mass is 32.1. The predicted octanol–water partition coefficient (Wildman–Crippen LogP) is 0.974. The van der Waals surface area contributed by atoms with E-state index >= 15 is 0 Å². The number of carbonyl (C=O) groups is 1. The molecule has 7 heteroatoms. The van der Waals surface area contributed by atoms with Gasteiger partial charge in [0.15, 0.2) is 4.83 Å². The Morgan fingerprint density at radius 1 is 1.42 bits per heavy atom. The number of nitriles is 1. The van der Waals surface area contributed by atoms with Crippen molar-refractivity contribution in [3.05, 3.63) is 16.0 Å². The first-order chi connectivity index (χ1) is 8.88. The largest absolute Gasteiger partial charge is 0.397 e. The number of nitrogen functional groups attached to an aromatic ring is 2. The quantitative estimate of drug-likeness (QED) is 0.753. The van der Waals surface area contributed by atoms with Crippen LogP contribution >= 0.6 is 11.3 Å². The number of aromatic nitrogens is 1. The first-order valence-corrected chi connectivity index (χ1v) is 6.46. The third-order valence-electron chi connectivity index (χ3n) is 2.91. The Morgan fingerprint density at radius 3 is 2.53 bits per heavy atom. The maximum atomic E-state index is 11.4. The molecule has 0 atom stereocenters. The third kappa shape index (κ3) is 1.86. The van der Waals surface area contributed by atoms with Gasteiger partial charge in [0.1, 0.15) is 16.5 Å². The number of carbonyl (C=O) groups excluding carboxylic acids is 1. The highest BCUT2D eigenvalue weighted by Gasteiger charge is 2.25. The second-order valence-electron chi connectivity index (χ2n) is 4.51. The number of anilines is 2. The lowest BCUT2D eigenvalue weighted by molar-refractivity contribution is -0.323. The number of pyridine rings is 1. The van der Waals surface area contributed by atoms with Crippen molar-refractivity contribution in [3.63, 3.8) is 0 Å². The summed E-state index contributed by atoms with van der Waals surface area (Å²) in [6.45, 7) is 3.88. The van der Waals surface area contributed by atoms with E-state index in [1.54, 1.807) is 0 Å². The zero-order valence-corrected chi connectivity index (χ0v) is 11.4. The van der Waals surface area contributed by atoms with Crippen LogP contribution in [0.4, 0.5) is 11.5 Å². The van der Waals surface area contributed by atoms with E-state index in [9.17, 15) is 10.1 Å². The topological polar surface area (TPSA) is 133 Å². The normalized spacial score (nSPS) is 10.8. The molecule has 7 N–H and O–H groups in total. The fraction of sp³-hybridized carbons (Fsp3) is 0.250. The van der Waals surface area contributed by atoms with Gasteiger partial charge in [0.05, 0.1) is 11.1 Å². The van der Waals surface area contributed by atoms with E-state index in [2.05, 4.69) is 11.1 Å². The van der Waals surface area contributed by atoms with Crippen LogP contribution in [-0.4, -0.2) is 5.91 Å². The van der Waals surface area contributed by atoms with Gasteiger partial charge in [-0.05, 0) is 11.5 Å². The Bertz CT molecular complexity index is 726. The molecular formula is C12H14N5OS+. The van der Waals surface area contributed by atoms with Gasteiger partial charge >= 0.3 is 0 Å². The molecule has 2 aromatic heterocycles. The van der Waals surface area contributed by atoms with Crippen LogP contribution in [0.5, 0.6) is 0 Å². The van der Waals surface area contributed by atoms with Gasteiger partial charge in [-0.3, -0.25) is 10.5 Å². The molecule has 0 aliphatic carbocycles. The maximum absolute atomic E-state index is 11.4. The Morgan fingerprint density at radius 2 is 2.05 bits per heavy atom. The van der Waals surface area contributed by atoms with Gasteiger partial charge in [0.2, 0.25) is 0 Å². The van der Waals surface area contributed by atoms with Crippen molar-refractivity contribution < 1.29 is 9.78 Å². The average Bonchev–Trinajstić information content (AvgIpc) is 2.64. The summed E-state index contributed by atoms with van der Waals surface area (Å²) in [4.78, 5) is 15.2. The highest BCUT2D eigenvalue weighted by Crippen LogP contribution is 2.38. The fourth-order valence-corrected chi connectivity index (χ4v) is 3.13. The van der Waals surface area contributed by atoms with Crippen LogP contribution < -0.4 is 22.2 Å².